The zero-order valence-corrected chi connectivity index (χ0v) is 15.7. The first-order chi connectivity index (χ1) is 13.6. The van der Waals surface area contributed by atoms with Crippen LogP contribution < -0.4 is 5.73 Å². The lowest BCUT2D eigenvalue weighted by Gasteiger charge is -2.26. The number of rotatable bonds is 9. The van der Waals surface area contributed by atoms with E-state index in [1.165, 1.54) is 6.07 Å². The highest BCUT2D eigenvalue weighted by molar-refractivity contribution is 5.74. The second-order valence-electron chi connectivity index (χ2n) is 6.74. The van der Waals surface area contributed by atoms with Gasteiger partial charge in [0, 0.05) is 43.3 Å². The van der Waals surface area contributed by atoms with E-state index in [1.54, 1.807) is 30.9 Å². The third-order valence-electron chi connectivity index (χ3n) is 4.80. The first kappa shape index (κ1) is 19.5. The molecule has 28 heavy (non-hydrogen) atoms. The van der Waals surface area contributed by atoms with Gasteiger partial charge in [-0.2, -0.15) is 0 Å². The highest BCUT2D eigenvalue weighted by atomic mass is 19.1. The molecule has 6 nitrogen and oxygen atoms in total. The van der Waals surface area contributed by atoms with Crippen molar-refractivity contribution >= 4 is 5.96 Å². The Morgan fingerprint density at radius 2 is 2.00 bits per heavy atom. The van der Waals surface area contributed by atoms with Crippen LogP contribution in [0.1, 0.15) is 35.6 Å². The molecule has 0 saturated heterocycles. The van der Waals surface area contributed by atoms with Crippen molar-refractivity contribution in [1.29, 1.82) is 5.41 Å². The molecule has 4 N–H and O–H groups in total. The van der Waals surface area contributed by atoms with Gasteiger partial charge in [-0.05, 0) is 48.6 Å². The van der Waals surface area contributed by atoms with Gasteiger partial charge in [-0.15, -0.1) is 0 Å². The first-order valence-electron chi connectivity index (χ1n) is 9.35. The van der Waals surface area contributed by atoms with Crippen LogP contribution in [0, 0.1) is 11.2 Å². The van der Waals surface area contributed by atoms with Crippen LogP contribution in [0.15, 0.2) is 61.3 Å². The Morgan fingerprint density at radius 1 is 1.14 bits per heavy atom. The maximum absolute atomic E-state index is 13.8. The molecule has 1 aromatic carbocycles. The second kappa shape index (κ2) is 9.64. The fraction of sp³-hybridized carbons (Fsp3) is 0.286. The summed E-state index contributed by atoms with van der Waals surface area (Å²) in [6.07, 6.45) is 9.42. The number of imidazole rings is 1. The molecule has 1 atom stereocenters. The Balaban J connectivity index is 1.67. The molecule has 7 heteroatoms. The van der Waals surface area contributed by atoms with Crippen molar-refractivity contribution in [2.75, 3.05) is 13.1 Å². The molecule has 0 saturated carbocycles. The predicted molar refractivity (Wildman–Crippen MR) is 107 cm³/mol. The summed E-state index contributed by atoms with van der Waals surface area (Å²) in [4.78, 5) is 13.2. The Bertz CT molecular complexity index is 866. The average Bonchev–Trinajstić information content (AvgIpc) is 3.21. The van der Waals surface area contributed by atoms with E-state index in [1.807, 2.05) is 29.3 Å². The highest BCUT2D eigenvalue weighted by Crippen LogP contribution is 2.28. The molecule has 2 aromatic heterocycles. The van der Waals surface area contributed by atoms with Crippen LogP contribution in [-0.4, -0.2) is 38.9 Å². The summed E-state index contributed by atoms with van der Waals surface area (Å²) in [6.45, 7) is 1.28. The largest absolute Gasteiger partial charge is 0.370 e. The van der Waals surface area contributed by atoms with E-state index in [4.69, 9.17) is 11.1 Å². The van der Waals surface area contributed by atoms with Gasteiger partial charge in [0.05, 0.1) is 6.33 Å². The molecule has 0 amide bonds. The summed E-state index contributed by atoms with van der Waals surface area (Å²) >= 11 is 0. The van der Waals surface area contributed by atoms with Gasteiger partial charge in [-0.25, -0.2) is 9.37 Å². The number of aryl methyl sites for hydroxylation is 1. The van der Waals surface area contributed by atoms with Crippen LogP contribution in [0.4, 0.5) is 4.39 Å². The lowest BCUT2D eigenvalue weighted by Crippen LogP contribution is -2.38. The number of nitrogens with one attached hydrogen (secondary N) is 2. The Hall–Kier alpha value is -3.22. The van der Waals surface area contributed by atoms with E-state index in [-0.39, 0.29) is 17.7 Å². The van der Waals surface area contributed by atoms with Gasteiger partial charge in [-0.3, -0.25) is 10.4 Å². The van der Waals surface area contributed by atoms with Gasteiger partial charge in [0.15, 0.2) is 5.96 Å². The van der Waals surface area contributed by atoms with E-state index in [0.717, 1.165) is 29.7 Å². The minimum Gasteiger partial charge on any atom is -0.370 e. The van der Waals surface area contributed by atoms with Crippen molar-refractivity contribution in [1.82, 2.24) is 19.9 Å². The van der Waals surface area contributed by atoms with Crippen LogP contribution in [0.2, 0.25) is 0 Å². The Morgan fingerprint density at radius 3 is 2.68 bits per heavy atom. The fourth-order valence-electron chi connectivity index (χ4n) is 3.35. The molecular weight excluding hydrogens is 355 g/mol. The van der Waals surface area contributed by atoms with Crippen LogP contribution >= 0.6 is 0 Å². The van der Waals surface area contributed by atoms with Gasteiger partial charge < -0.3 is 15.6 Å². The molecule has 0 aliphatic rings. The zero-order valence-electron chi connectivity index (χ0n) is 15.7. The highest BCUT2D eigenvalue weighted by Gasteiger charge is 2.17. The number of halogens is 1. The summed E-state index contributed by atoms with van der Waals surface area (Å²) in [5, 5.41) is 7.90. The molecule has 0 fully saturated rings. The number of guanidine groups is 1. The normalized spacial score (nSPS) is 11.9. The molecule has 1 unspecified atom stereocenters. The maximum Gasteiger partial charge on any atom is 0.188 e. The summed E-state index contributed by atoms with van der Waals surface area (Å²) in [5.74, 6) is -0.220. The van der Waals surface area contributed by atoms with Crippen LogP contribution in [0.25, 0.3) is 0 Å². The number of H-pyrrole nitrogens is 1. The van der Waals surface area contributed by atoms with Crippen molar-refractivity contribution in [3.05, 3.63) is 84.0 Å². The molecule has 0 aliphatic heterocycles. The number of hydrogen-bond donors (Lipinski definition) is 3. The van der Waals surface area contributed by atoms with E-state index in [2.05, 4.69) is 15.0 Å². The van der Waals surface area contributed by atoms with Gasteiger partial charge in [0.1, 0.15) is 5.82 Å². The topological polar surface area (TPSA) is 94.7 Å². The van der Waals surface area contributed by atoms with Gasteiger partial charge in [0.2, 0.25) is 0 Å². The summed E-state index contributed by atoms with van der Waals surface area (Å²) in [5.41, 5.74) is 8.79. The lowest BCUT2D eigenvalue weighted by molar-refractivity contribution is 0.386. The quantitative estimate of drug-likeness (QED) is 0.392. The molecule has 2 heterocycles. The molecule has 3 rings (SSSR count). The summed E-state index contributed by atoms with van der Waals surface area (Å²) in [7, 11) is 0. The third kappa shape index (κ3) is 5.39. The number of pyridine rings is 1. The molecular formula is C21H25FN6. The number of benzene rings is 1. The minimum atomic E-state index is -0.255. The molecule has 146 valence electrons. The Kier molecular flexibility index (Phi) is 6.73. The first-order valence-corrected chi connectivity index (χ1v) is 9.35. The monoisotopic (exact) mass is 380 g/mol. The standard InChI is InChI=1S/C21H25FN6/c22-18-6-1-4-16(12-18)20(17-5-2-9-25-13-17)8-11-28(21(23)24)10-3-7-19-14-26-15-27-19/h1-2,4-6,9,12-15,20H,3,7-8,10-11H2,(H3,23,24)(H,26,27). The number of hydrogen-bond acceptors (Lipinski definition) is 3. The van der Waals surface area contributed by atoms with Crippen LogP contribution in [0.5, 0.6) is 0 Å². The Labute approximate surface area is 164 Å². The zero-order chi connectivity index (χ0) is 19.8. The van der Waals surface area contributed by atoms with Crippen molar-refractivity contribution in [3.63, 3.8) is 0 Å². The van der Waals surface area contributed by atoms with Crippen molar-refractivity contribution in [2.45, 2.75) is 25.2 Å². The van der Waals surface area contributed by atoms with E-state index in [9.17, 15) is 4.39 Å². The maximum atomic E-state index is 13.8. The number of nitrogens with two attached hydrogens (primary N) is 1. The number of aromatic amines is 1. The molecule has 0 radical (unpaired) electrons. The van der Waals surface area contributed by atoms with E-state index >= 15 is 0 Å². The van der Waals surface area contributed by atoms with Crippen molar-refractivity contribution in [2.24, 2.45) is 5.73 Å². The predicted octanol–water partition coefficient (Wildman–Crippen LogP) is 3.29. The number of aromatic nitrogens is 3. The smallest absolute Gasteiger partial charge is 0.188 e. The lowest BCUT2D eigenvalue weighted by atomic mass is 9.89. The molecule has 3 aromatic rings. The summed E-state index contributed by atoms with van der Waals surface area (Å²) in [6, 6.07) is 10.5. The SMILES string of the molecule is N=C(N)N(CCCc1cnc[nH]1)CCC(c1cccnc1)c1cccc(F)c1. The molecule has 0 aliphatic carbocycles. The van der Waals surface area contributed by atoms with Gasteiger partial charge in [0.25, 0.3) is 0 Å². The van der Waals surface area contributed by atoms with E-state index in [0.29, 0.717) is 19.5 Å². The van der Waals surface area contributed by atoms with Crippen LogP contribution in [0.3, 0.4) is 0 Å². The fourth-order valence-corrected chi connectivity index (χ4v) is 3.35. The summed E-state index contributed by atoms with van der Waals surface area (Å²) < 4.78 is 13.8. The second-order valence-corrected chi connectivity index (χ2v) is 6.74. The molecule has 0 spiro atoms. The number of nitrogens with zero attached hydrogens (tertiary/aromatic N) is 3. The van der Waals surface area contributed by atoms with E-state index < -0.39 is 0 Å². The minimum absolute atomic E-state index is 0.0149. The average molecular weight is 380 g/mol. The van der Waals surface area contributed by atoms with Gasteiger partial charge >= 0.3 is 0 Å². The van der Waals surface area contributed by atoms with Crippen molar-refractivity contribution < 1.29 is 4.39 Å². The molecule has 0 bridgehead atoms. The van der Waals surface area contributed by atoms with Crippen LogP contribution in [-0.2, 0) is 6.42 Å². The van der Waals surface area contributed by atoms with Crippen molar-refractivity contribution in [3.8, 4) is 0 Å². The third-order valence-corrected chi connectivity index (χ3v) is 4.80. The van der Waals surface area contributed by atoms with Gasteiger partial charge in [-0.1, -0.05) is 18.2 Å².